The monoisotopic (exact) mass is 566 g/mol. The van der Waals surface area contributed by atoms with Gasteiger partial charge in [0, 0.05) is 13.2 Å². The minimum absolute atomic E-state index is 0.229. The van der Waals surface area contributed by atoms with Crippen LogP contribution in [0.25, 0.3) is 0 Å². The van der Waals surface area contributed by atoms with Crippen molar-refractivity contribution in [2.45, 2.75) is 147 Å². The maximum atomic E-state index is 12.2. The summed E-state index contributed by atoms with van der Waals surface area (Å²) < 4.78 is 41.4. The van der Waals surface area contributed by atoms with Crippen molar-refractivity contribution in [1.29, 1.82) is 0 Å². The third-order valence-corrected chi connectivity index (χ3v) is 9.24. The first-order valence-electron chi connectivity index (χ1n) is 16.2. The largest absolute Gasteiger partial charge is 0.379 e. The maximum Gasteiger partial charge on any atom is 0.296 e. The zero-order chi connectivity index (χ0) is 28.0. The number of ether oxygens (including phenoxy) is 2. The first kappa shape index (κ1) is 34.3. The van der Waals surface area contributed by atoms with Crippen molar-refractivity contribution in [2.24, 2.45) is 5.92 Å². The molecule has 1 saturated heterocycles. The first-order chi connectivity index (χ1) is 19.0. The van der Waals surface area contributed by atoms with Crippen LogP contribution in [0.15, 0.2) is 29.2 Å². The summed E-state index contributed by atoms with van der Waals surface area (Å²) in [5.74, 6) is 0.721. The Labute approximate surface area is 240 Å². The lowest BCUT2D eigenvalue weighted by Gasteiger charge is -2.11. The summed E-state index contributed by atoms with van der Waals surface area (Å²) >= 11 is 0. The van der Waals surface area contributed by atoms with Crippen LogP contribution in [0.4, 0.5) is 0 Å². The Kier molecular flexibility index (Phi) is 19.1. The Hall–Kier alpha value is -0.950. The highest BCUT2D eigenvalue weighted by Gasteiger charge is 2.25. The van der Waals surface area contributed by atoms with E-state index in [0.29, 0.717) is 0 Å². The highest BCUT2D eigenvalue weighted by molar-refractivity contribution is 7.86. The van der Waals surface area contributed by atoms with E-state index in [1.54, 1.807) is 24.3 Å². The quantitative estimate of drug-likeness (QED) is 0.0872. The van der Waals surface area contributed by atoms with E-state index >= 15 is 0 Å². The molecule has 0 bridgehead atoms. The molecule has 1 aromatic rings. The molecule has 0 saturated carbocycles. The van der Waals surface area contributed by atoms with Gasteiger partial charge in [-0.25, -0.2) is 0 Å². The van der Waals surface area contributed by atoms with Crippen LogP contribution in [0.5, 0.6) is 0 Å². The fourth-order valence-corrected chi connectivity index (χ4v) is 6.31. The van der Waals surface area contributed by atoms with Crippen LogP contribution in [0.2, 0.25) is 0 Å². The normalized spacial score (nSPS) is 17.7. The Morgan fingerprint density at radius 2 is 1.28 bits per heavy atom. The van der Waals surface area contributed by atoms with Crippen LogP contribution in [-0.4, -0.2) is 40.9 Å². The molecule has 39 heavy (non-hydrogen) atoms. The van der Waals surface area contributed by atoms with E-state index in [2.05, 4.69) is 6.92 Å². The lowest BCUT2D eigenvalue weighted by Crippen LogP contribution is -2.14. The molecular formula is C33H58O5S. The van der Waals surface area contributed by atoms with Gasteiger partial charge in [0.15, 0.2) is 0 Å². The van der Waals surface area contributed by atoms with E-state index in [9.17, 15) is 8.42 Å². The predicted octanol–water partition coefficient (Wildman–Crippen LogP) is 9.16. The molecule has 0 aromatic heterocycles. The van der Waals surface area contributed by atoms with Gasteiger partial charge in [0.25, 0.3) is 10.1 Å². The highest BCUT2D eigenvalue weighted by atomic mass is 32.2. The zero-order valence-corrected chi connectivity index (χ0v) is 26.0. The number of hydrogen-bond acceptors (Lipinski definition) is 5. The topological polar surface area (TPSA) is 61.8 Å². The van der Waals surface area contributed by atoms with Crippen molar-refractivity contribution in [1.82, 2.24) is 0 Å². The van der Waals surface area contributed by atoms with Crippen molar-refractivity contribution in [3.05, 3.63) is 29.8 Å². The molecule has 1 aromatic carbocycles. The summed E-state index contributed by atoms with van der Waals surface area (Å²) in [4.78, 5) is 0.229. The standard InChI is InChI=1S/C33H58O5S/c1-3-4-5-6-7-8-9-10-11-12-14-17-20-31-27-32(37-28-31)29-36-25-18-15-13-16-19-26-38-39(34,35)33-23-21-30(2)22-24-33/h21-24,31-32H,3-20,25-29H2,1-2H3/t31-,32+/m0/s1. The maximum absolute atomic E-state index is 12.2. The second-order valence-electron chi connectivity index (χ2n) is 11.7. The molecule has 2 rings (SSSR count). The summed E-state index contributed by atoms with van der Waals surface area (Å²) in [6.07, 6.45) is 24.6. The van der Waals surface area contributed by atoms with Crippen LogP contribution >= 0.6 is 0 Å². The lowest BCUT2D eigenvalue weighted by molar-refractivity contribution is 0.0153. The van der Waals surface area contributed by atoms with Crippen molar-refractivity contribution in [2.75, 3.05) is 26.4 Å². The molecule has 0 radical (unpaired) electrons. The second kappa shape index (κ2) is 21.8. The van der Waals surface area contributed by atoms with E-state index in [4.69, 9.17) is 13.7 Å². The number of benzene rings is 1. The smallest absolute Gasteiger partial charge is 0.296 e. The van der Waals surface area contributed by atoms with Gasteiger partial charge in [-0.3, -0.25) is 4.18 Å². The van der Waals surface area contributed by atoms with Gasteiger partial charge in [-0.1, -0.05) is 121 Å². The van der Waals surface area contributed by atoms with Crippen LogP contribution in [0, 0.1) is 12.8 Å². The molecular weight excluding hydrogens is 508 g/mol. The Balaban J connectivity index is 1.32. The summed E-state index contributed by atoms with van der Waals surface area (Å²) in [5.41, 5.74) is 1.03. The Morgan fingerprint density at radius 1 is 0.744 bits per heavy atom. The van der Waals surface area contributed by atoms with Crippen LogP contribution < -0.4 is 0 Å². The fraction of sp³-hybridized carbons (Fsp3) is 0.818. The molecule has 0 aliphatic carbocycles. The molecule has 0 unspecified atom stereocenters. The first-order valence-corrected chi connectivity index (χ1v) is 17.6. The number of rotatable bonds is 25. The van der Waals surface area contributed by atoms with Gasteiger partial charge in [0.1, 0.15) is 0 Å². The molecule has 1 aliphatic rings. The van der Waals surface area contributed by atoms with Gasteiger partial charge in [-0.15, -0.1) is 0 Å². The molecule has 226 valence electrons. The average molecular weight is 567 g/mol. The van der Waals surface area contributed by atoms with Crippen molar-refractivity contribution < 1.29 is 22.1 Å². The summed E-state index contributed by atoms with van der Waals surface area (Å²) in [7, 11) is -3.64. The summed E-state index contributed by atoms with van der Waals surface area (Å²) in [5, 5.41) is 0. The fourth-order valence-electron chi connectivity index (χ4n) is 5.36. The van der Waals surface area contributed by atoms with E-state index in [1.807, 2.05) is 6.92 Å². The molecule has 1 fully saturated rings. The second-order valence-corrected chi connectivity index (χ2v) is 13.3. The average Bonchev–Trinajstić information content (AvgIpc) is 3.38. The summed E-state index contributed by atoms with van der Waals surface area (Å²) in [6, 6.07) is 6.77. The zero-order valence-electron chi connectivity index (χ0n) is 25.2. The van der Waals surface area contributed by atoms with Crippen molar-refractivity contribution >= 4 is 10.1 Å². The van der Waals surface area contributed by atoms with E-state index in [1.165, 1.54) is 83.5 Å². The summed E-state index contributed by atoms with van der Waals surface area (Å²) in [6.45, 7) is 6.87. The molecule has 6 heteroatoms. The number of aryl methyl sites for hydroxylation is 1. The molecule has 1 aliphatic heterocycles. The van der Waals surface area contributed by atoms with Gasteiger partial charge >= 0.3 is 0 Å². The SMILES string of the molecule is CCCCCCCCCCCCCC[C@@H]1CO[C@@H](COCCCCCCCOS(=O)(=O)c2ccc(C)cc2)C1. The van der Waals surface area contributed by atoms with Crippen LogP contribution in [-0.2, 0) is 23.8 Å². The number of hydrogen-bond donors (Lipinski definition) is 0. The Morgan fingerprint density at radius 3 is 1.90 bits per heavy atom. The third-order valence-electron chi connectivity index (χ3n) is 7.91. The van der Waals surface area contributed by atoms with Gasteiger partial charge < -0.3 is 9.47 Å². The lowest BCUT2D eigenvalue weighted by atomic mass is 9.97. The minimum Gasteiger partial charge on any atom is -0.379 e. The van der Waals surface area contributed by atoms with E-state index in [0.717, 1.165) is 69.8 Å². The predicted molar refractivity (Wildman–Crippen MR) is 162 cm³/mol. The van der Waals surface area contributed by atoms with Gasteiger partial charge in [-0.05, 0) is 50.7 Å². The van der Waals surface area contributed by atoms with Gasteiger partial charge in [-0.2, -0.15) is 8.42 Å². The van der Waals surface area contributed by atoms with E-state index in [-0.39, 0.29) is 17.6 Å². The van der Waals surface area contributed by atoms with Crippen LogP contribution in [0.3, 0.4) is 0 Å². The van der Waals surface area contributed by atoms with Crippen LogP contribution in [0.1, 0.15) is 134 Å². The number of unbranched alkanes of at least 4 members (excludes halogenated alkanes) is 15. The van der Waals surface area contributed by atoms with Crippen molar-refractivity contribution in [3.8, 4) is 0 Å². The van der Waals surface area contributed by atoms with E-state index < -0.39 is 10.1 Å². The highest BCUT2D eigenvalue weighted by Crippen LogP contribution is 2.25. The molecule has 1 heterocycles. The molecule has 2 atom stereocenters. The molecule has 0 amide bonds. The molecule has 0 N–H and O–H groups in total. The van der Waals surface area contributed by atoms with Gasteiger partial charge in [0.05, 0.1) is 24.2 Å². The van der Waals surface area contributed by atoms with Gasteiger partial charge in [0.2, 0.25) is 0 Å². The Bertz CT molecular complexity index is 808. The molecule has 5 nitrogen and oxygen atoms in total. The minimum atomic E-state index is -3.64. The molecule has 0 spiro atoms. The third kappa shape index (κ3) is 16.8. The van der Waals surface area contributed by atoms with Crippen molar-refractivity contribution in [3.63, 3.8) is 0 Å².